The van der Waals surface area contributed by atoms with E-state index in [1.54, 1.807) is 17.5 Å². The zero-order valence-corrected chi connectivity index (χ0v) is 14.2. The second-order valence-electron chi connectivity index (χ2n) is 5.68. The van der Waals surface area contributed by atoms with Gasteiger partial charge in [0, 0.05) is 41.9 Å². The number of amides is 1. The molecule has 6 nitrogen and oxygen atoms in total. The lowest BCUT2D eigenvalue weighted by Crippen LogP contribution is -2.50. The van der Waals surface area contributed by atoms with Crippen LogP contribution in [0.4, 0.5) is 0 Å². The molecular weight excluding hydrogens is 352 g/mol. The monoisotopic (exact) mass is 366 g/mol. The molecule has 1 amide bonds. The van der Waals surface area contributed by atoms with Crippen LogP contribution in [0.2, 0.25) is 5.02 Å². The first-order chi connectivity index (χ1) is 11.4. The van der Waals surface area contributed by atoms with Gasteiger partial charge >= 0.3 is 5.97 Å². The number of likely N-dealkylation sites (tertiary alicyclic amines) is 1. The number of carbonyl (C=O) groups is 2. The van der Waals surface area contributed by atoms with Gasteiger partial charge in [-0.2, -0.15) is 0 Å². The quantitative estimate of drug-likeness (QED) is 0.871. The number of carboxylic acid groups (broad SMARTS) is 1. The minimum absolute atomic E-state index is 0.0133. The summed E-state index contributed by atoms with van der Waals surface area (Å²) in [5.41, 5.74) is -0.591. The molecule has 1 aliphatic heterocycles. The molecule has 0 atom stereocenters. The normalized spacial score (nSPS) is 16.8. The Morgan fingerprint density at radius 3 is 2.62 bits per heavy atom. The number of hydrogen-bond donors (Lipinski definition) is 2. The zero-order chi connectivity index (χ0) is 17.3. The lowest BCUT2D eigenvalue weighted by molar-refractivity contribution is -0.162. The first-order valence-electron chi connectivity index (χ1n) is 7.35. The number of aliphatic carboxylic acids is 1. The largest absolute Gasteiger partial charge is 0.479 e. The number of hydrogen-bond acceptors (Lipinski definition) is 5. The second-order valence-corrected chi connectivity index (χ2v) is 6.97. The van der Waals surface area contributed by atoms with Gasteiger partial charge in [-0.25, -0.2) is 9.78 Å². The van der Waals surface area contributed by atoms with Crippen molar-refractivity contribution in [2.75, 3.05) is 13.1 Å². The highest BCUT2D eigenvalue weighted by atomic mass is 35.5. The lowest BCUT2D eigenvalue weighted by atomic mass is 9.91. The van der Waals surface area contributed by atoms with Gasteiger partial charge in [0.2, 0.25) is 0 Å². The van der Waals surface area contributed by atoms with Crippen molar-refractivity contribution in [3.05, 3.63) is 40.4 Å². The van der Waals surface area contributed by atoms with Gasteiger partial charge in [0.05, 0.1) is 0 Å². The highest BCUT2D eigenvalue weighted by Crippen LogP contribution is 2.28. The van der Waals surface area contributed by atoms with Gasteiger partial charge in [-0.1, -0.05) is 23.7 Å². The summed E-state index contributed by atoms with van der Waals surface area (Å²) >= 11 is 7.32. The van der Waals surface area contributed by atoms with Crippen LogP contribution in [0.1, 0.15) is 23.3 Å². The maximum absolute atomic E-state index is 12.5. The molecule has 24 heavy (non-hydrogen) atoms. The fourth-order valence-corrected chi connectivity index (χ4v) is 3.56. The number of halogens is 1. The Bertz CT molecular complexity index is 784. The van der Waals surface area contributed by atoms with E-state index in [4.69, 9.17) is 16.7 Å². The summed E-state index contributed by atoms with van der Waals surface area (Å²) in [6.45, 7) is 0.372. The molecule has 126 valence electrons. The molecule has 0 spiro atoms. The van der Waals surface area contributed by atoms with Gasteiger partial charge in [0.15, 0.2) is 5.60 Å². The number of aliphatic hydroxyl groups is 1. The SMILES string of the molecule is O=C(c1csc(-c2cccc(Cl)c2)n1)N1CCC(O)(C(=O)O)CC1. The number of nitrogens with zero attached hydrogens (tertiary/aromatic N) is 2. The van der Waals surface area contributed by atoms with Gasteiger partial charge in [0.25, 0.3) is 5.91 Å². The highest BCUT2D eigenvalue weighted by molar-refractivity contribution is 7.13. The number of piperidine rings is 1. The van der Waals surface area contributed by atoms with E-state index in [1.165, 1.54) is 16.2 Å². The molecule has 0 saturated carbocycles. The first-order valence-corrected chi connectivity index (χ1v) is 8.61. The fraction of sp³-hybridized carbons (Fsp3) is 0.312. The van der Waals surface area contributed by atoms with E-state index in [2.05, 4.69) is 4.98 Å². The van der Waals surface area contributed by atoms with Crippen LogP contribution in [0.25, 0.3) is 10.6 Å². The van der Waals surface area contributed by atoms with E-state index in [0.29, 0.717) is 15.7 Å². The van der Waals surface area contributed by atoms with E-state index in [1.807, 2.05) is 12.1 Å². The molecule has 0 unspecified atom stereocenters. The lowest BCUT2D eigenvalue weighted by Gasteiger charge is -2.34. The second kappa shape index (κ2) is 6.51. The Morgan fingerprint density at radius 1 is 1.29 bits per heavy atom. The van der Waals surface area contributed by atoms with Crippen LogP contribution in [0.15, 0.2) is 29.6 Å². The summed E-state index contributed by atoms with van der Waals surface area (Å²) in [5.74, 6) is -1.50. The minimum atomic E-state index is -1.75. The van der Waals surface area contributed by atoms with Crippen LogP contribution in [0, 0.1) is 0 Å². The highest BCUT2D eigenvalue weighted by Gasteiger charge is 2.40. The Balaban J connectivity index is 1.72. The maximum atomic E-state index is 12.5. The van der Waals surface area contributed by atoms with E-state index >= 15 is 0 Å². The molecule has 2 heterocycles. The van der Waals surface area contributed by atoms with Gasteiger partial charge in [-0.3, -0.25) is 4.79 Å². The Hall–Kier alpha value is -1.96. The van der Waals surface area contributed by atoms with Crippen LogP contribution in [-0.2, 0) is 4.79 Å². The topological polar surface area (TPSA) is 90.7 Å². The van der Waals surface area contributed by atoms with E-state index in [9.17, 15) is 14.7 Å². The van der Waals surface area contributed by atoms with Crippen LogP contribution in [0.5, 0.6) is 0 Å². The Kier molecular flexibility index (Phi) is 4.58. The van der Waals surface area contributed by atoms with Crippen molar-refractivity contribution in [3.63, 3.8) is 0 Å². The third-order valence-electron chi connectivity index (χ3n) is 4.07. The average molecular weight is 367 g/mol. The molecule has 0 radical (unpaired) electrons. The van der Waals surface area contributed by atoms with Crippen molar-refractivity contribution in [2.45, 2.75) is 18.4 Å². The van der Waals surface area contributed by atoms with Crippen LogP contribution in [-0.4, -0.2) is 50.7 Å². The third kappa shape index (κ3) is 3.28. The Morgan fingerprint density at radius 2 is 2.00 bits per heavy atom. The number of aromatic nitrogens is 1. The molecule has 2 N–H and O–H groups in total. The number of carbonyl (C=O) groups excluding carboxylic acids is 1. The summed E-state index contributed by atoms with van der Waals surface area (Å²) < 4.78 is 0. The van der Waals surface area contributed by atoms with Gasteiger partial charge in [0.1, 0.15) is 10.7 Å². The van der Waals surface area contributed by atoms with Gasteiger partial charge < -0.3 is 15.1 Å². The molecule has 2 aromatic rings. The predicted molar refractivity (Wildman–Crippen MR) is 90.3 cm³/mol. The molecule has 0 aliphatic carbocycles. The number of benzene rings is 1. The summed E-state index contributed by atoms with van der Waals surface area (Å²) in [5, 5.41) is 21.9. The smallest absolute Gasteiger partial charge is 0.335 e. The number of carboxylic acids is 1. The van der Waals surface area contributed by atoms with Crippen molar-refractivity contribution >= 4 is 34.8 Å². The molecule has 1 aliphatic rings. The van der Waals surface area contributed by atoms with Crippen LogP contribution >= 0.6 is 22.9 Å². The average Bonchev–Trinajstić information content (AvgIpc) is 3.05. The summed E-state index contributed by atoms with van der Waals surface area (Å²) in [6.07, 6.45) is 0.0265. The maximum Gasteiger partial charge on any atom is 0.335 e. The molecule has 1 aromatic carbocycles. The van der Waals surface area contributed by atoms with E-state index in [-0.39, 0.29) is 31.8 Å². The fourth-order valence-electron chi connectivity index (χ4n) is 2.58. The van der Waals surface area contributed by atoms with Gasteiger partial charge in [-0.15, -0.1) is 11.3 Å². The van der Waals surface area contributed by atoms with Crippen molar-refractivity contribution in [2.24, 2.45) is 0 Å². The van der Waals surface area contributed by atoms with E-state index in [0.717, 1.165) is 5.56 Å². The van der Waals surface area contributed by atoms with Crippen LogP contribution in [0.3, 0.4) is 0 Å². The van der Waals surface area contributed by atoms with Crippen molar-refractivity contribution in [1.29, 1.82) is 0 Å². The van der Waals surface area contributed by atoms with E-state index < -0.39 is 11.6 Å². The Labute approximate surface area is 147 Å². The number of thiazole rings is 1. The first kappa shape index (κ1) is 16.9. The zero-order valence-electron chi connectivity index (χ0n) is 12.6. The molecular formula is C16H15ClN2O4S. The predicted octanol–water partition coefficient (Wildman–Crippen LogP) is 2.52. The standard InChI is InChI=1S/C16H15ClN2O4S/c17-11-3-1-2-10(8-11)13-18-12(9-24-13)14(20)19-6-4-16(23,5-7-19)15(21)22/h1-3,8-9,23H,4-7H2,(H,21,22). The molecule has 1 saturated heterocycles. The summed E-state index contributed by atoms with van der Waals surface area (Å²) in [4.78, 5) is 29.4. The van der Waals surface area contributed by atoms with Crippen molar-refractivity contribution < 1.29 is 19.8 Å². The summed E-state index contributed by atoms with van der Waals surface area (Å²) in [7, 11) is 0. The number of rotatable bonds is 3. The van der Waals surface area contributed by atoms with Crippen LogP contribution < -0.4 is 0 Å². The molecule has 8 heteroatoms. The van der Waals surface area contributed by atoms with Gasteiger partial charge in [-0.05, 0) is 12.1 Å². The molecule has 3 rings (SSSR count). The van der Waals surface area contributed by atoms with Crippen molar-refractivity contribution in [1.82, 2.24) is 9.88 Å². The molecule has 1 fully saturated rings. The van der Waals surface area contributed by atoms with Crippen molar-refractivity contribution in [3.8, 4) is 10.6 Å². The molecule has 0 bridgehead atoms. The minimum Gasteiger partial charge on any atom is -0.479 e. The summed E-state index contributed by atoms with van der Waals surface area (Å²) in [6, 6.07) is 7.23. The third-order valence-corrected chi connectivity index (χ3v) is 5.20. The molecule has 1 aromatic heterocycles.